The van der Waals surface area contributed by atoms with Crippen LogP contribution in [0.1, 0.15) is 6.42 Å². The topological polar surface area (TPSA) is 41.0 Å². The van der Waals surface area contributed by atoms with E-state index in [1.165, 1.54) is 6.42 Å². The van der Waals surface area contributed by atoms with Crippen LogP contribution in [0.4, 0.5) is 5.82 Å². The largest absolute Gasteiger partial charge is 0.351 e. The Bertz CT molecular complexity index is 353. The van der Waals surface area contributed by atoms with Gasteiger partial charge in [0.25, 0.3) is 0 Å². The van der Waals surface area contributed by atoms with Gasteiger partial charge >= 0.3 is 0 Å². The van der Waals surface area contributed by atoms with Crippen molar-refractivity contribution in [1.82, 2.24) is 15.5 Å². The van der Waals surface area contributed by atoms with E-state index in [9.17, 15) is 0 Å². The molecule has 1 aromatic heterocycles. The smallest absolute Gasteiger partial charge is 0.151 e. The van der Waals surface area contributed by atoms with Crippen LogP contribution in [0.15, 0.2) is 12.1 Å². The van der Waals surface area contributed by atoms with Gasteiger partial charge in [-0.2, -0.15) is 0 Å². The highest BCUT2D eigenvalue weighted by Gasteiger charge is 2.35. The highest BCUT2D eigenvalue weighted by Crippen LogP contribution is 2.29. The first-order chi connectivity index (χ1) is 7.33. The second kappa shape index (κ2) is 3.61. The summed E-state index contributed by atoms with van der Waals surface area (Å²) in [5.74, 6) is 1.72. The number of fused-ring (bicyclic) bond motifs is 2. The zero-order valence-electron chi connectivity index (χ0n) is 8.36. The van der Waals surface area contributed by atoms with Gasteiger partial charge in [-0.15, -0.1) is 10.2 Å². The van der Waals surface area contributed by atoms with Crippen LogP contribution in [0.25, 0.3) is 0 Å². The van der Waals surface area contributed by atoms with Crippen molar-refractivity contribution in [3.8, 4) is 0 Å². The molecule has 0 radical (unpaired) electrons. The Morgan fingerprint density at radius 3 is 3.00 bits per heavy atom. The molecular formula is C10H13ClN4. The molecule has 0 saturated carbocycles. The van der Waals surface area contributed by atoms with Gasteiger partial charge in [0.1, 0.15) is 0 Å². The third-order valence-corrected chi connectivity index (χ3v) is 3.43. The van der Waals surface area contributed by atoms with E-state index in [0.29, 0.717) is 11.2 Å². The molecule has 80 valence electrons. The average Bonchev–Trinajstić information content (AvgIpc) is 2.55. The van der Waals surface area contributed by atoms with Gasteiger partial charge in [-0.1, -0.05) is 11.6 Å². The second-order valence-corrected chi connectivity index (χ2v) is 4.67. The van der Waals surface area contributed by atoms with Crippen LogP contribution >= 0.6 is 11.6 Å². The number of aromatic nitrogens is 2. The fourth-order valence-electron chi connectivity index (χ4n) is 2.55. The number of hydrogen-bond acceptors (Lipinski definition) is 4. The van der Waals surface area contributed by atoms with Gasteiger partial charge < -0.3 is 10.2 Å². The van der Waals surface area contributed by atoms with Gasteiger partial charge in [0, 0.05) is 19.1 Å². The minimum atomic E-state index is 0.457. The number of hydrogen-bond donors (Lipinski definition) is 1. The molecule has 0 aliphatic carbocycles. The van der Waals surface area contributed by atoms with Crippen LogP contribution in [-0.4, -0.2) is 35.9 Å². The SMILES string of the molecule is Clc1ccc(N2CC3CNCC2C3)nn1. The standard InChI is InChI=1S/C10H13ClN4/c11-9-1-2-10(14-13-9)15-6-7-3-8(15)5-12-4-7/h1-2,7-8,12H,3-6H2. The van der Waals surface area contributed by atoms with E-state index >= 15 is 0 Å². The Morgan fingerprint density at radius 2 is 2.27 bits per heavy atom. The third-order valence-electron chi connectivity index (χ3n) is 3.23. The lowest BCUT2D eigenvalue weighted by atomic mass is 10.0. The summed E-state index contributed by atoms with van der Waals surface area (Å²) in [7, 11) is 0. The number of rotatable bonds is 1. The molecule has 2 aliphatic rings. The Balaban J connectivity index is 1.85. The molecule has 2 unspecified atom stereocenters. The number of halogens is 1. The van der Waals surface area contributed by atoms with Crippen molar-refractivity contribution in [2.75, 3.05) is 24.5 Å². The van der Waals surface area contributed by atoms with Crippen molar-refractivity contribution >= 4 is 17.4 Å². The fourth-order valence-corrected chi connectivity index (χ4v) is 2.65. The first-order valence-corrected chi connectivity index (χ1v) is 5.67. The summed E-state index contributed by atoms with van der Waals surface area (Å²) in [5, 5.41) is 11.9. The lowest BCUT2D eigenvalue weighted by molar-refractivity contribution is 0.433. The molecule has 1 aromatic rings. The summed E-state index contributed by atoms with van der Waals surface area (Å²) in [4.78, 5) is 2.34. The minimum absolute atomic E-state index is 0.457. The number of nitrogens with zero attached hydrogens (tertiary/aromatic N) is 3. The number of piperidine rings is 1. The Kier molecular flexibility index (Phi) is 2.25. The quantitative estimate of drug-likeness (QED) is 0.771. The monoisotopic (exact) mass is 224 g/mol. The van der Waals surface area contributed by atoms with Crippen LogP contribution < -0.4 is 10.2 Å². The van der Waals surface area contributed by atoms with E-state index in [-0.39, 0.29) is 0 Å². The Labute approximate surface area is 93.6 Å². The second-order valence-electron chi connectivity index (χ2n) is 4.28. The molecule has 2 aliphatic heterocycles. The summed E-state index contributed by atoms with van der Waals surface area (Å²) < 4.78 is 0. The van der Waals surface area contributed by atoms with E-state index in [4.69, 9.17) is 11.6 Å². The first kappa shape index (κ1) is 9.36. The molecular weight excluding hydrogens is 212 g/mol. The highest BCUT2D eigenvalue weighted by molar-refractivity contribution is 6.29. The maximum absolute atomic E-state index is 5.73. The van der Waals surface area contributed by atoms with Crippen molar-refractivity contribution in [1.29, 1.82) is 0 Å². The first-order valence-electron chi connectivity index (χ1n) is 5.29. The van der Waals surface area contributed by atoms with Gasteiger partial charge in [-0.3, -0.25) is 0 Å². The molecule has 1 N–H and O–H groups in total. The van der Waals surface area contributed by atoms with Crippen molar-refractivity contribution in [2.24, 2.45) is 5.92 Å². The zero-order chi connectivity index (χ0) is 10.3. The van der Waals surface area contributed by atoms with E-state index in [1.807, 2.05) is 6.07 Å². The van der Waals surface area contributed by atoms with Crippen LogP contribution in [-0.2, 0) is 0 Å². The fraction of sp³-hybridized carbons (Fsp3) is 0.600. The molecule has 15 heavy (non-hydrogen) atoms. The van der Waals surface area contributed by atoms with Crippen molar-refractivity contribution in [3.63, 3.8) is 0 Å². The van der Waals surface area contributed by atoms with E-state index < -0.39 is 0 Å². The molecule has 3 rings (SSSR count). The van der Waals surface area contributed by atoms with Crippen LogP contribution in [0, 0.1) is 5.92 Å². The predicted molar refractivity (Wildman–Crippen MR) is 59.2 cm³/mol. The molecule has 2 fully saturated rings. The van der Waals surface area contributed by atoms with E-state index in [1.54, 1.807) is 6.07 Å². The maximum Gasteiger partial charge on any atom is 0.151 e. The van der Waals surface area contributed by atoms with Gasteiger partial charge in [-0.05, 0) is 31.0 Å². The van der Waals surface area contributed by atoms with Crippen LogP contribution in [0.5, 0.6) is 0 Å². The summed E-state index contributed by atoms with van der Waals surface area (Å²) >= 11 is 5.73. The maximum atomic E-state index is 5.73. The van der Waals surface area contributed by atoms with Gasteiger partial charge in [0.05, 0.1) is 0 Å². The summed E-state index contributed by atoms with van der Waals surface area (Å²) in [6.07, 6.45) is 1.28. The molecule has 3 heterocycles. The number of nitrogens with one attached hydrogen (secondary N) is 1. The molecule has 4 nitrogen and oxygen atoms in total. The van der Waals surface area contributed by atoms with Crippen molar-refractivity contribution in [2.45, 2.75) is 12.5 Å². The molecule has 2 bridgehead atoms. The van der Waals surface area contributed by atoms with E-state index in [0.717, 1.165) is 31.4 Å². The summed E-state index contributed by atoms with van der Waals surface area (Å²) in [6, 6.07) is 4.34. The molecule has 5 heteroatoms. The number of anilines is 1. The minimum Gasteiger partial charge on any atom is -0.351 e. The van der Waals surface area contributed by atoms with Crippen LogP contribution in [0.2, 0.25) is 5.15 Å². The Morgan fingerprint density at radius 1 is 1.33 bits per heavy atom. The van der Waals surface area contributed by atoms with E-state index in [2.05, 4.69) is 20.4 Å². The molecule has 2 atom stereocenters. The lowest BCUT2D eigenvalue weighted by Crippen LogP contribution is -2.39. The van der Waals surface area contributed by atoms with Gasteiger partial charge in [0.2, 0.25) is 0 Å². The summed E-state index contributed by atoms with van der Waals surface area (Å²) in [5.41, 5.74) is 0. The molecule has 0 spiro atoms. The predicted octanol–water partition coefficient (Wildman–Crippen LogP) is 0.928. The summed E-state index contributed by atoms with van der Waals surface area (Å²) in [6.45, 7) is 3.28. The Hall–Kier alpha value is -0.870. The molecule has 0 amide bonds. The zero-order valence-corrected chi connectivity index (χ0v) is 9.11. The molecule has 0 aromatic carbocycles. The van der Waals surface area contributed by atoms with Crippen molar-refractivity contribution < 1.29 is 0 Å². The van der Waals surface area contributed by atoms with Gasteiger partial charge in [0.15, 0.2) is 11.0 Å². The van der Waals surface area contributed by atoms with Gasteiger partial charge in [-0.25, -0.2) is 0 Å². The molecule has 2 saturated heterocycles. The lowest BCUT2D eigenvalue weighted by Gasteiger charge is -2.25. The van der Waals surface area contributed by atoms with Crippen LogP contribution in [0.3, 0.4) is 0 Å². The normalized spacial score (nSPS) is 29.5. The third kappa shape index (κ3) is 1.68. The highest BCUT2D eigenvalue weighted by atomic mass is 35.5. The average molecular weight is 225 g/mol. The van der Waals surface area contributed by atoms with Crippen molar-refractivity contribution in [3.05, 3.63) is 17.3 Å².